The van der Waals surface area contributed by atoms with Gasteiger partial charge in [-0.15, -0.1) is 10.2 Å². The van der Waals surface area contributed by atoms with Crippen LogP contribution in [0.25, 0.3) is 11.1 Å². The molecule has 4 aliphatic heterocycles. The summed E-state index contributed by atoms with van der Waals surface area (Å²) in [6, 6.07) is 5.19. The molecule has 0 amide bonds. The van der Waals surface area contributed by atoms with E-state index >= 15 is 0 Å². The summed E-state index contributed by atoms with van der Waals surface area (Å²) in [5.41, 5.74) is 2.61. The van der Waals surface area contributed by atoms with Gasteiger partial charge in [-0.3, -0.25) is 4.90 Å². The van der Waals surface area contributed by atoms with Crippen LogP contribution in [0.2, 0.25) is 0 Å². The predicted molar refractivity (Wildman–Crippen MR) is 172 cm³/mol. The normalized spacial score (nSPS) is 23.1. The fraction of sp³-hybridized carbons (Fsp3) is 0.629. The first kappa shape index (κ1) is 30.1. The minimum absolute atomic E-state index is 0.252. The molecule has 1 aromatic carbocycles. The van der Waals surface area contributed by atoms with Crippen LogP contribution in [0.4, 0.5) is 10.2 Å². The highest BCUT2D eigenvalue weighted by Crippen LogP contribution is 2.48. The number of aromatic nitrogens is 5. The molecule has 11 heteroatoms. The van der Waals surface area contributed by atoms with Crippen LogP contribution in [0, 0.1) is 29.0 Å². The highest BCUT2D eigenvalue weighted by atomic mass is 19.1. The van der Waals surface area contributed by atoms with Gasteiger partial charge in [0.15, 0.2) is 5.82 Å². The van der Waals surface area contributed by atoms with E-state index in [9.17, 15) is 4.39 Å². The Morgan fingerprint density at radius 2 is 1.83 bits per heavy atom. The quantitative estimate of drug-likeness (QED) is 0.304. The summed E-state index contributed by atoms with van der Waals surface area (Å²) in [6.45, 7) is 14.4. The summed E-state index contributed by atoms with van der Waals surface area (Å²) in [4.78, 5) is 21.2. The second-order valence-electron chi connectivity index (χ2n) is 14.8. The van der Waals surface area contributed by atoms with Crippen LogP contribution in [-0.4, -0.2) is 100 Å². The lowest BCUT2D eigenvalue weighted by Gasteiger charge is -2.55. The maximum atomic E-state index is 14.6. The highest BCUT2D eigenvalue weighted by molar-refractivity contribution is 5.73. The summed E-state index contributed by atoms with van der Waals surface area (Å²) in [5, 5.41) is 8.44. The molecule has 5 aliphatic rings. The van der Waals surface area contributed by atoms with E-state index in [1.165, 1.54) is 50.9 Å². The minimum Gasteiger partial charge on any atom is -0.434 e. The molecule has 1 saturated carbocycles. The number of hydrogen-bond acceptors (Lipinski definition) is 10. The average molecular weight is 629 g/mol. The maximum absolute atomic E-state index is 14.6. The molecule has 0 unspecified atom stereocenters. The van der Waals surface area contributed by atoms with Crippen LogP contribution in [0.15, 0.2) is 37.1 Å². The lowest BCUT2D eigenvalue weighted by Crippen LogP contribution is -2.64. The van der Waals surface area contributed by atoms with Crippen molar-refractivity contribution in [3.05, 3.63) is 48.6 Å². The smallest absolute Gasteiger partial charge is 0.282 e. The number of piperidine rings is 1. The Morgan fingerprint density at radius 1 is 1.00 bits per heavy atom. The van der Waals surface area contributed by atoms with E-state index < -0.39 is 0 Å². The average Bonchev–Trinajstić information content (AvgIpc) is 3.78. The zero-order valence-corrected chi connectivity index (χ0v) is 27.0. The van der Waals surface area contributed by atoms with Crippen molar-refractivity contribution in [2.24, 2.45) is 23.2 Å². The van der Waals surface area contributed by atoms with Gasteiger partial charge in [-0.1, -0.05) is 13.8 Å². The first-order chi connectivity index (χ1) is 22.4. The van der Waals surface area contributed by atoms with Crippen molar-refractivity contribution in [3.8, 4) is 22.8 Å². The zero-order valence-electron chi connectivity index (χ0n) is 27.0. The van der Waals surface area contributed by atoms with E-state index in [2.05, 4.69) is 53.7 Å². The topological polar surface area (TPSA) is 92.6 Å². The SMILES string of the molecule is CC(C)[C@@H](C1CCN(CC2COC2)CC1)N1CC2(CCN(c3ncnnc3Oc3ccc(F)cc3-c3cncnc3C3CC3)C2)C1. The molecule has 8 rings (SSSR count). The van der Waals surface area contributed by atoms with E-state index in [1.807, 2.05) is 0 Å². The molecule has 5 fully saturated rings. The van der Waals surface area contributed by atoms with Crippen LogP contribution in [-0.2, 0) is 4.74 Å². The van der Waals surface area contributed by atoms with Gasteiger partial charge >= 0.3 is 0 Å². The standard InChI is InChI=1S/C35H45FN8O2/c1-23(2)32(26-7-10-42(11-8-26)15-24-16-45-17-24)44-19-35(20-44)9-12-43(18-35)33-34(41-40-22-39-33)46-30-6-5-27(36)13-28(30)29-14-37-21-38-31(29)25-3-4-25/h5-6,13-14,21-26,32H,3-4,7-12,15-20H2,1-2H3/t32-/m0/s1. The van der Waals surface area contributed by atoms with E-state index in [0.29, 0.717) is 40.9 Å². The fourth-order valence-corrected chi connectivity index (χ4v) is 8.57. The molecule has 2 aromatic heterocycles. The van der Waals surface area contributed by atoms with Gasteiger partial charge in [0.25, 0.3) is 5.88 Å². The predicted octanol–water partition coefficient (Wildman–Crippen LogP) is 5.03. The van der Waals surface area contributed by atoms with Gasteiger partial charge in [-0.05, 0) is 75.2 Å². The molecule has 46 heavy (non-hydrogen) atoms. The van der Waals surface area contributed by atoms with Crippen molar-refractivity contribution in [1.29, 1.82) is 0 Å². The minimum atomic E-state index is -0.338. The Bertz CT molecular complexity index is 1530. The number of likely N-dealkylation sites (tertiary alicyclic amines) is 2. The van der Waals surface area contributed by atoms with Crippen LogP contribution in [0.1, 0.15) is 57.6 Å². The Kier molecular flexibility index (Phi) is 8.10. The van der Waals surface area contributed by atoms with Crippen molar-refractivity contribution in [2.45, 2.75) is 57.9 Å². The van der Waals surface area contributed by atoms with E-state index in [0.717, 1.165) is 81.7 Å². The van der Waals surface area contributed by atoms with Crippen molar-refractivity contribution in [3.63, 3.8) is 0 Å². The van der Waals surface area contributed by atoms with Crippen LogP contribution in [0.5, 0.6) is 11.6 Å². The first-order valence-electron chi connectivity index (χ1n) is 17.2. The maximum Gasteiger partial charge on any atom is 0.282 e. The molecule has 0 radical (unpaired) electrons. The van der Waals surface area contributed by atoms with Crippen molar-refractivity contribution in [1.82, 2.24) is 34.9 Å². The lowest BCUT2D eigenvalue weighted by atomic mass is 9.73. The van der Waals surface area contributed by atoms with E-state index in [4.69, 9.17) is 9.47 Å². The largest absolute Gasteiger partial charge is 0.434 e. The van der Waals surface area contributed by atoms with Crippen molar-refractivity contribution < 1.29 is 13.9 Å². The molecule has 10 nitrogen and oxygen atoms in total. The fourth-order valence-electron chi connectivity index (χ4n) is 8.57. The van der Waals surface area contributed by atoms with Crippen LogP contribution < -0.4 is 9.64 Å². The Morgan fingerprint density at radius 3 is 2.57 bits per heavy atom. The number of anilines is 1. The number of rotatable bonds is 10. The van der Waals surface area contributed by atoms with Gasteiger partial charge in [-0.25, -0.2) is 19.3 Å². The molecule has 0 bridgehead atoms. The monoisotopic (exact) mass is 628 g/mol. The van der Waals surface area contributed by atoms with Gasteiger partial charge in [0.1, 0.15) is 24.2 Å². The molecule has 4 saturated heterocycles. The molecule has 1 aliphatic carbocycles. The summed E-state index contributed by atoms with van der Waals surface area (Å²) >= 11 is 0. The summed E-state index contributed by atoms with van der Waals surface area (Å²) < 4.78 is 26.4. The summed E-state index contributed by atoms with van der Waals surface area (Å²) in [6.07, 6.45) is 10.7. The second kappa shape index (κ2) is 12.4. The number of benzene rings is 1. The van der Waals surface area contributed by atoms with Crippen LogP contribution in [0.3, 0.4) is 0 Å². The van der Waals surface area contributed by atoms with E-state index in [-0.39, 0.29) is 11.2 Å². The molecule has 0 N–H and O–H groups in total. The molecule has 6 heterocycles. The summed E-state index contributed by atoms with van der Waals surface area (Å²) in [7, 11) is 0. The van der Waals surface area contributed by atoms with Gasteiger partial charge in [-0.2, -0.15) is 0 Å². The van der Waals surface area contributed by atoms with Gasteiger partial charge < -0.3 is 19.3 Å². The third-order valence-corrected chi connectivity index (χ3v) is 11.0. The third kappa shape index (κ3) is 5.97. The highest BCUT2D eigenvalue weighted by Gasteiger charge is 2.51. The Hall–Kier alpha value is -3.28. The number of ether oxygens (including phenoxy) is 2. The molecular formula is C35H45FN8O2. The summed E-state index contributed by atoms with van der Waals surface area (Å²) in [5.74, 6) is 3.71. The third-order valence-electron chi connectivity index (χ3n) is 11.0. The Balaban J connectivity index is 0.945. The molecule has 1 atom stereocenters. The second-order valence-corrected chi connectivity index (χ2v) is 14.8. The van der Waals surface area contributed by atoms with Gasteiger partial charge in [0, 0.05) is 73.3 Å². The van der Waals surface area contributed by atoms with Crippen molar-refractivity contribution >= 4 is 5.82 Å². The zero-order chi connectivity index (χ0) is 31.3. The van der Waals surface area contributed by atoms with Gasteiger partial charge in [0.2, 0.25) is 0 Å². The van der Waals surface area contributed by atoms with Crippen LogP contribution >= 0.6 is 0 Å². The van der Waals surface area contributed by atoms with Crippen molar-refractivity contribution in [2.75, 3.05) is 63.9 Å². The molecule has 244 valence electrons. The molecular weight excluding hydrogens is 583 g/mol. The van der Waals surface area contributed by atoms with E-state index in [1.54, 1.807) is 18.6 Å². The number of halogens is 1. The molecule has 1 spiro atoms. The number of nitrogens with zero attached hydrogens (tertiary/aromatic N) is 8. The molecule has 3 aromatic rings. The Labute approximate surface area is 270 Å². The van der Waals surface area contributed by atoms with Gasteiger partial charge in [0.05, 0.1) is 18.9 Å². The lowest BCUT2D eigenvalue weighted by molar-refractivity contribution is -0.0697. The first-order valence-corrected chi connectivity index (χ1v) is 17.2. The number of hydrogen-bond donors (Lipinski definition) is 0.